The van der Waals surface area contributed by atoms with Crippen molar-refractivity contribution in [2.24, 2.45) is 10.9 Å². The third-order valence-electron chi connectivity index (χ3n) is 2.84. The van der Waals surface area contributed by atoms with Crippen LogP contribution in [0.1, 0.15) is 39.0 Å². The van der Waals surface area contributed by atoms with Crippen LogP contribution in [0.2, 0.25) is 0 Å². The van der Waals surface area contributed by atoms with Crippen molar-refractivity contribution in [1.29, 1.82) is 5.26 Å². The van der Waals surface area contributed by atoms with Crippen molar-refractivity contribution >= 4 is 17.3 Å². The zero-order valence-corrected chi connectivity index (χ0v) is 9.53. The first-order valence-corrected chi connectivity index (χ1v) is 5.57. The third kappa shape index (κ3) is 3.58. The van der Waals surface area contributed by atoms with E-state index in [4.69, 9.17) is 5.26 Å². The summed E-state index contributed by atoms with van der Waals surface area (Å²) in [6, 6.07) is 1.79. The van der Waals surface area contributed by atoms with Crippen LogP contribution in [-0.2, 0) is 9.59 Å². The number of ketones is 2. The molecule has 1 unspecified atom stereocenters. The largest absolute Gasteiger partial charge is 0.299 e. The molecule has 4 heteroatoms. The van der Waals surface area contributed by atoms with E-state index in [1.165, 1.54) is 0 Å². The van der Waals surface area contributed by atoms with Gasteiger partial charge in [0.15, 0.2) is 5.78 Å². The summed E-state index contributed by atoms with van der Waals surface area (Å²) >= 11 is 0. The Hall–Kier alpha value is -1.50. The van der Waals surface area contributed by atoms with Crippen LogP contribution in [0.5, 0.6) is 0 Å². The predicted molar refractivity (Wildman–Crippen MR) is 60.2 cm³/mol. The molecular weight excluding hydrogens is 204 g/mol. The zero-order chi connectivity index (χ0) is 12.0. The fourth-order valence-electron chi connectivity index (χ4n) is 1.89. The summed E-state index contributed by atoms with van der Waals surface area (Å²) in [6.45, 7) is 1.83. The maximum absolute atomic E-state index is 11.6. The second-order valence-corrected chi connectivity index (χ2v) is 4.10. The fraction of sp³-hybridized carbons (Fsp3) is 0.667. The van der Waals surface area contributed by atoms with Gasteiger partial charge in [0.05, 0.1) is 25.0 Å². The van der Waals surface area contributed by atoms with Crippen LogP contribution in [0.25, 0.3) is 0 Å². The van der Waals surface area contributed by atoms with Crippen LogP contribution < -0.4 is 0 Å². The Morgan fingerprint density at radius 2 is 2.31 bits per heavy atom. The van der Waals surface area contributed by atoms with Gasteiger partial charge in [0, 0.05) is 12.1 Å². The smallest absolute Gasteiger partial charge is 0.168 e. The molecule has 0 aliphatic heterocycles. The minimum Gasteiger partial charge on any atom is -0.299 e. The topological polar surface area (TPSA) is 70.3 Å². The molecule has 16 heavy (non-hydrogen) atoms. The van der Waals surface area contributed by atoms with Gasteiger partial charge in [-0.2, -0.15) is 5.26 Å². The van der Waals surface area contributed by atoms with E-state index in [2.05, 4.69) is 4.99 Å². The number of nitrogens with zero attached hydrogens (tertiary/aromatic N) is 2. The van der Waals surface area contributed by atoms with E-state index in [0.717, 1.165) is 25.0 Å². The molecule has 1 aliphatic rings. The van der Waals surface area contributed by atoms with E-state index < -0.39 is 0 Å². The molecule has 0 aromatic rings. The third-order valence-corrected chi connectivity index (χ3v) is 2.84. The first kappa shape index (κ1) is 12.6. The number of rotatable bonds is 4. The van der Waals surface area contributed by atoms with Gasteiger partial charge in [0.2, 0.25) is 0 Å². The SMILES string of the molecule is CC(=NCC(=O)CC#N)C1CCCCC1=O. The average molecular weight is 220 g/mol. The van der Waals surface area contributed by atoms with E-state index in [1.54, 1.807) is 13.0 Å². The molecule has 4 nitrogen and oxygen atoms in total. The monoisotopic (exact) mass is 220 g/mol. The van der Waals surface area contributed by atoms with Crippen LogP contribution in [-0.4, -0.2) is 23.8 Å². The summed E-state index contributed by atoms with van der Waals surface area (Å²) in [5.41, 5.74) is 0.746. The molecular formula is C12H16N2O2. The number of Topliss-reactive ketones (excluding diaryl/α,β-unsaturated/α-hetero) is 2. The summed E-state index contributed by atoms with van der Waals surface area (Å²) in [5, 5.41) is 8.32. The lowest BCUT2D eigenvalue weighted by atomic mass is 9.85. The molecule has 1 aliphatic carbocycles. The van der Waals surface area contributed by atoms with Gasteiger partial charge in [-0.3, -0.25) is 14.6 Å². The van der Waals surface area contributed by atoms with E-state index in [1.807, 2.05) is 0 Å². The minimum absolute atomic E-state index is 0.0309. The Kier molecular flexibility index (Phi) is 4.84. The van der Waals surface area contributed by atoms with Crippen molar-refractivity contribution in [3.05, 3.63) is 0 Å². The van der Waals surface area contributed by atoms with E-state index in [-0.39, 0.29) is 30.4 Å². The molecule has 1 atom stereocenters. The summed E-state index contributed by atoms with van der Waals surface area (Å²) in [5.74, 6) is -0.0472. The molecule has 0 saturated heterocycles. The number of carbonyl (C=O) groups excluding carboxylic acids is 2. The summed E-state index contributed by atoms with van der Waals surface area (Å²) in [4.78, 5) is 26.8. The van der Waals surface area contributed by atoms with Gasteiger partial charge in [-0.25, -0.2) is 0 Å². The quantitative estimate of drug-likeness (QED) is 0.677. The van der Waals surface area contributed by atoms with Gasteiger partial charge in [-0.15, -0.1) is 0 Å². The van der Waals surface area contributed by atoms with E-state index in [9.17, 15) is 9.59 Å². The van der Waals surface area contributed by atoms with Crippen molar-refractivity contribution < 1.29 is 9.59 Å². The Morgan fingerprint density at radius 1 is 1.56 bits per heavy atom. The number of nitriles is 1. The number of aliphatic imine (C=N–C) groups is 1. The second kappa shape index (κ2) is 6.16. The number of carbonyl (C=O) groups is 2. The average Bonchev–Trinajstić information content (AvgIpc) is 2.27. The first-order chi connectivity index (χ1) is 7.65. The molecule has 1 fully saturated rings. The lowest BCUT2D eigenvalue weighted by Crippen LogP contribution is -2.26. The highest BCUT2D eigenvalue weighted by molar-refractivity contribution is 6.04. The Bertz CT molecular complexity index is 353. The lowest BCUT2D eigenvalue weighted by molar-refractivity contribution is -0.122. The summed E-state index contributed by atoms with van der Waals surface area (Å²) < 4.78 is 0. The maximum Gasteiger partial charge on any atom is 0.168 e. The van der Waals surface area contributed by atoms with Gasteiger partial charge in [-0.05, 0) is 19.8 Å². The van der Waals surface area contributed by atoms with E-state index in [0.29, 0.717) is 6.42 Å². The fourth-order valence-corrected chi connectivity index (χ4v) is 1.89. The Morgan fingerprint density at radius 3 is 2.94 bits per heavy atom. The van der Waals surface area contributed by atoms with Gasteiger partial charge >= 0.3 is 0 Å². The van der Waals surface area contributed by atoms with Crippen molar-refractivity contribution in [3.8, 4) is 6.07 Å². The van der Waals surface area contributed by atoms with Crippen LogP contribution in [0.3, 0.4) is 0 Å². The Balaban J connectivity index is 2.52. The molecule has 0 N–H and O–H groups in total. The molecule has 1 saturated carbocycles. The highest BCUT2D eigenvalue weighted by Crippen LogP contribution is 2.21. The maximum atomic E-state index is 11.6. The van der Waals surface area contributed by atoms with Crippen LogP contribution in [0.15, 0.2) is 4.99 Å². The zero-order valence-electron chi connectivity index (χ0n) is 9.53. The summed E-state index contributed by atoms with van der Waals surface area (Å²) in [7, 11) is 0. The van der Waals surface area contributed by atoms with E-state index >= 15 is 0 Å². The molecule has 1 rings (SSSR count). The van der Waals surface area contributed by atoms with Crippen molar-refractivity contribution in [1.82, 2.24) is 0 Å². The molecule has 0 bridgehead atoms. The van der Waals surface area contributed by atoms with Gasteiger partial charge in [0.1, 0.15) is 5.78 Å². The normalized spacial score (nSPS) is 21.6. The van der Waals surface area contributed by atoms with Gasteiger partial charge in [0.25, 0.3) is 0 Å². The van der Waals surface area contributed by atoms with Crippen LogP contribution in [0.4, 0.5) is 0 Å². The second-order valence-electron chi connectivity index (χ2n) is 4.10. The molecule has 0 aromatic heterocycles. The Labute approximate surface area is 95.4 Å². The van der Waals surface area contributed by atoms with Crippen LogP contribution in [0, 0.1) is 17.2 Å². The van der Waals surface area contributed by atoms with Crippen LogP contribution >= 0.6 is 0 Å². The molecule has 0 aromatic carbocycles. The first-order valence-electron chi connectivity index (χ1n) is 5.57. The number of hydrogen-bond donors (Lipinski definition) is 0. The van der Waals surface area contributed by atoms with Crippen molar-refractivity contribution in [3.63, 3.8) is 0 Å². The number of hydrogen-bond acceptors (Lipinski definition) is 4. The minimum atomic E-state index is -0.190. The molecule has 86 valence electrons. The van der Waals surface area contributed by atoms with Gasteiger partial charge < -0.3 is 0 Å². The molecule has 0 amide bonds. The predicted octanol–water partition coefficient (Wildman–Crippen LogP) is 1.69. The summed E-state index contributed by atoms with van der Waals surface area (Å²) in [6.07, 6.45) is 3.39. The van der Waals surface area contributed by atoms with Crippen molar-refractivity contribution in [2.45, 2.75) is 39.0 Å². The highest BCUT2D eigenvalue weighted by Gasteiger charge is 2.24. The lowest BCUT2D eigenvalue weighted by Gasteiger charge is -2.20. The highest BCUT2D eigenvalue weighted by atomic mass is 16.1. The van der Waals surface area contributed by atoms with Gasteiger partial charge in [-0.1, -0.05) is 6.42 Å². The standard InChI is InChI=1S/C12H16N2O2/c1-9(14-8-10(15)6-7-13)11-4-2-3-5-12(11)16/h11H,2-6,8H2,1H3. The van der Waals surface area contributed by atoms with Crippen molar-refractivity contribution in [2.75, 3.05) is 6.54 Å². The molecule has 0 heterocycles. The molecule has 0 radical (unpaired) electrons. The molecule has 0 spiro atoms.